The van der Waals surface area contributed by atoms with Gasteiger partial charge in [-0.2, -0.15) is 0 Å². The molecule has 1 aliphatic rings. The van der Waals surface area contributed by atoms with Gasteiger partial charge in [0.2, 0.25) is 0 Å². The lowest BCUT2D eigenvalue weighted by Crippen LogP contribution is -2.01. The molecule has 4 heteroatoms. The maximum atomic E-state index is 11.5. The van der Waals surface area contributed by atoms with Crippen LogP contribution in [0.5, 0.6) is 0 Å². The second-order valence-corrected chi connectivity index (χ2v) is 4.65. The summed E-state index contributed by atoms with van der Waals surface area (Å²) in [6.45, 7) is 1.73. The standard InChI is InChI=1S/C7H9O3P/c1-4-7-5-10-11(8,9-3)6(7)2/h1,5-6H,2-3H3. The molecule has 1 rings (SSSR count). The van der Waals surface area contributed by atoms with Crippen LogP contribution in [0, 0.1) is 12.3 Å². The molecule has 1 heterocycles. The highest BCUT2D eigenvalue weighted by Crippen LogP contribution is 2.58. The first-order chi connectivity index (χ1) is 5.14. The lowest BCUT2D eigenvalue weighted by atomic mass is 10.2. The summed E-state index contributed by atoms with van der Waals surface area (Å²) in [4.78, 5) is 0. The number of rotatable bonds is 1. The Morgan fingerprint density at radius 3 is 2.82 bits per heavy atom. The normalized spacial score (nSPS) is 35.7. The van der Waals surface area contributed by atoms with E-state index in [0.29, 0.717) is 5.57 Å². The molecule has 0 radical (unpaired) electrons. The van der Waals surface area contributed by atoms with Gasteiger partial charge in [-0.25, -0.2) is 4.57 Å². The fraction of sp³-hybridized carbons (Fsp3) is 0.429. The third kappa shape index (κ3) is 1.20. The van der Waals surface area contributed by atoms with Crippen LogP contribution in [-0.4, -0.2) is 12.8 Å². The molecule has 0 aliphatic carbocycles. The highest BCUT2D eigenvalue weighted by molar-refractivity contribution is 7.55. The van der Waals surface area contributed by atoms with E-state index >= 15 is 0 Å². The van der Waals surface area contributed by atoms with Gasteiger partial charge in [0.15, 0.2) is 0 Å². The zero-order chi connectivity index (χ0) is 8.48. The predicted molar refractivity (Wildman–Crippen MR) is 42.1 cm³/mol. The van der Waals surface area contributed by atoms with Crippen LogP contribution in [0.25, 0.3) is 0 Å². The van der Waals surface area contributed by atoms with Gasteiger partial charge in [0.25, 0.3) is 0 Å². The van der Waals surface area contributed by atoms with Crippen molar-refractivity contribution in [1.29, 1.82) is 0 Å². The van der Waals surface area contributed by atoms with E-state index in [0.717, 1.165) is 0 Å². The van der Waals surface area contributed by atoms with Crippen molar-refractivity contribution in [3.63, 3.8) is 0 Å². The summed E-state index contributed by atoms with van der Waals surface area (Å²) in [6, 6.07) is 0. The van der Waals surface area contributed by atoms with Gasteiger partial charge in [-0.15, -0.1) is 6.42 Å². The molecule has 1 aliphatic heterocycles. The molecular weight excluding hydrogens is 163 g/mol. The molecular formula is C7H9O3P. The lowest BCUT2D eigenvalue weighted by molar-refractivity contribution is 0.305. The van der Waals surface area contributed by atoms with E-state index in [-0.39, 0.29) is 5.66 Å². The quantitative estimate of drug-likeness (QED) is 0.446. The van der Waals surface area contributed by atoms with Crippen molar-refractivity contribution in [3.8, 4) is 12.3 Å². The second kappa shape index (κ2) is 2.73. The van der Waals surface area contributed by atoms with Crippen molar-refractivity contribution in [1.82, 2.24) is 0 Å². The van der Waals surface area contributed by atoms with Crippen molar-refractivity contribution in [2.24, 2.45) is 0 Å². The smallest absolute Gasteiger partial charge is 0.386 e. The average molecular weight is 172 g/mol. The molecule has 11 heavy (non-hydrogen) atoms. The van der Waals surface area contributed by atoms with Crippen LogP contribution < -0.4 is 0 Å². The topological polar surface area (TPSA) is 35.5 Å². The van der Waals surface area contributed by atoms with E-state index in [1.54, 1.807) is 6.92 Å². The number of hydrogen-bond donors (Lipinski definition) is 0. The molecule has 0 spiro atoms. The Labute approximate surface area is 65.9 Å². The maximum Gasteiger partial charge on any atom is 0.386 e. The van der Waals surface area contributed by atoms with Crippen molar-refractivity contribution < 1.29 is 13.6 Å². The average Bonchev–Trinajstić information content (AvgIpc) is 2.31. The first-order valence-corrected chi connectivity index (χ1v) is 4.76. The van der Waals surface area contributed by atoms with E-state index in [4.69, 9.17) is 15.5 Å². The Bertz CT molecular complexity index is 274. The van der Waals surface area contributed by atoms with Gasteiger partial charge in [-0.1, -0.05) is 5.92 Å². The minimum atomic E-state index is -2.95. The maximum absolute atomic E-state index is 11.5. The molecule has 0 fully saturated rings. The summed E-state index contributed by atoms with van der Waals surface area (Å²) < 4.78 is 21.1. The Kier molecular flexibility index (Phi) is 2.08. The van der Waals surface area contributed by atoms with Gasteiger partial charge >= 0.3 is 7.60 Å². The molecule has 0 amide bonds. The van der Waals surface area contributed by atoms with Crippen LogP contribution >= 0.6 is 7.60 Å². The second-order valence-electron chi connectivity index (χ2n) is 2.22. The Balaban J connectivity index is 2.89. The first-order valence-electron chi connectivity index (χ1n) is 3.14. The van der Waals surface area contributed by atoms with Crippen molar-refractivity contribution in [3.05, 3.63) is 11.8 Å². The van der Waals surface area contributed by atoms with Crippen molar-refractivity contribution in [2.45, 2.75) is 12.6 Å². The minimum absolute atomic E-state index is 0.308. The monoisotopic (exact) mass is 172 g/mol. The Hall–Kier alpha value is -0.710. The van der Waals surface area contributed by atoms with E-state index in [1.165, 1.54) is 13.4 Å². The van der Waals surface area contributed by atoms with Gasteiger partial charge in [-0.05, 0) is 6.92 Å². The van der Waals surface area contributed by atoms with E-state index in [2.05, 4.69) is 5.92 Å². The lowest BCUT2D eigenvalue weighted by Gasteiger charge is -2.12. The first kappa shape index (κ1) is 8.39. The Morgan fingerprint density at radius 2 is 2.55 bits per heavy atom. The van der Waals surface area contributed by atoms with Gasteiger partial charge < -0.3 is 9.05 Å². The van der Waals surface area contributed by atoms with E-state index in [1.807, 2.05) is 0 Å². The van der Waals surface area contributed by atoms with E-state index < -0.39 is 7.60 Å². The van der Waals surface area contributed by atoms with Crippen LogP contribution in [0.15, 0.2) is 11.8 Å². The molecule has 0 bridgehead atoms. The fourth-order valence-electron chi connectivity index (χ4n) is 0.846. The minimum Gasteiger partial charge on any atom is -0.431 e. The molecule has 0 aromatic carbocycles. The highest BCUT2D eigenvalue weighted by Gasteiger charge is 2.39. The van der Waals surface area contributed by atoms with Crippen LogP contribution in [0.4, 0.5) is 0 Å². The third-order valence-electron chi connectivity index (χ3n) is 1.67. The molecule has 0 saturated heterocycles. The third-order valence-corrected chi connectivity index (χ3v) is 3.81. The van der Waals surface area contributed by atoms with Gasteiger partial charge in [0.1, 0.15) is 11.9 Å². The molecule has 3 nitrogen and oxygen atoms in total. The van der Waals surface area contributed by atoms with Crippen LogP contribution in [0.1, 0.15) is 6.92 Å². The molecule has 0 saturated carbocycles. The van der Waals surface area contributed by atoms with Gasteiger partial charge in [0.05, 0.1) is 5.57 Å². The molecule has 60 valence electrons. The summed E-state index contributed by atoms with van der Waals surface area (Å²) in [6.07, 6.45) is 6.45. The zero-order valence-corrected chi connectivity index (χ0v) is 7.30. The number of terminal acetylenes is 1. The zero-order valence-electron chi connectivity index (χ0n) is 6.40. The largest absolute Gasteiger partial charge is 0.431 e. The molecule has 2 atom stereocenters. The van der Waals surface area contributed by atoms with Crippen LogP contribution in [0.2, 0.25) is 0 Å². The van der Waals surface area contributed by atoms with Crippen molar-refractivity contribution >= 4 is 7.60 Å². The molecule has 0 N–H and O–H groups in total. The summed E-state index contributed by atoms with van der Waals surface area (Å²) in [5.74, 6) is 2.39. The molecule has 2 unspecified atom stereocenters. The number of allylic oxidation sites excluding steroid dienone is 1. The summed E-state index contributed by atoms with van der Waals surface area (Å²) in [5, 5.41) is 0. The Morgan fingerprint density at radius 1 is 1.91 bits per heavy atom. The SMILES string of the molecule is C#CC1=COP(=O)(OC)C1C. The van der Waals surface area contributed by atoms with Gasteiger partial charge in [-0.3, -0.25) is 0 Å². The van der Waals surface area contributed by atoms with Crippen molar-refractivity contribution in [2.75, 3.05) is 7.11 Å². The summed E-state index contributed by atoms with van der Waals surface area (Å²) in [5.41, 5.74) is 0.285. The molecule has 0 aromatic heterocycles. The highest BCUT2D eigenvalue weighted by atomic mass is 31.2. The predicted octanol–water partition coefficient (Wildman–Crippen LogP) is 1.76. The summed E-state index contributed by atoms with van der Waals surface area (Å²) in [7, 11) is -1.60. The number of hydrogen-bond acceptors (Lipinski definition) is 3. The van der Waals surface area contributed by atoms with Gasteiger partial charge in [0, 0.05) is 7.11 Å². The van der Waals surface area contributed by atoms with Crippen LogP contribution in [-0.2, 0) is 13.6 Å². The molecule has 0 aromatic rings. The fourth-order valence-corrected chi connectivity index (χ4v) is 2.17. The summed E-state index contributed by atoms with van der Waals surface area (Å²) >= 11 is 0. The van der Waals surface area contributed by atoms with Crippen LogP contribution in [0.3, 0.4) is 0 Å². The van der Waals surface area contributed by atoms with E-state index in [9.17, 15) is 4.57 Å².